The fraction of sp³-hybridized carbons (Fsp3) is 0.429. The number of anilines is 2. The highest BCUT2D eigenvalue weighted by Crippen LogP contribution is 2.30. The van der Waals surface area contributed by atoms with Crippen molar-refractivity contribution in [2.75, 3.05) is 37.0 Å². The van der Waals surface area contributed by atoms with E-state index in [0.717, 1.165) is 6.54 Å². The van der Waals surface area contributed by atoms with E-state index < -0.39 is 0 Å². The van der Waals surface area contributed by atoms with Gasteiger partial charge in [-0.3, -0.25) is 9.59 Å². The molecule has 7 nitrogen and oxygen atoms in total. The summed E-state index contributed by atoms with van der Waals surface area (Å²) in [5.74, 6) is 0.298. The SMILES string of the molecule is O=C(CC1COCCN1)Nc1ccc2c(c1)OCC(=O)N2. The van der Waals surface area contributed by atoms with Crippen molar-refractivity contribution in [2.24, 2.45) is 0 Å². The van der Waals surface area contributed by atoms with Crippen LogP contribution in [0.3, 0.4) is 0 Å². The second-order valence-corrected chi connectivity index (χ2v) is 5.03. The van der Waals surface area contributed by atoms with Crippen molar-refractivity contribution < 1.29 is 19.1 Å². The lowest BCUT2D eigenvalue weighted by Gasteiger charge is -2.23. The normalized spacial score (nSPS) is 21.0. The molecule has 0 saturated carbocycles. The van der Waals surface area contributed by atoms with E-state index in [4.69, 9.17) is 9.47 Å². The lowest BCUT2D eigenvalue weighted by molar-refractivity contribution is -0.119. The number of amides is 2. The second kappa shape index (κ2) is 6.11. The molecule has 3 N–H and O–H groups in total. The van der Waals surface area contributed by atoms with E-state index in [0.29, 0.717) is 36.8 Å². The summed E-state index contributed by atoms with van der Waals surface area (Å²) in [6.07, 6.45) is 0.356. The lowest BCUT2D eigenvalue weighted by atomic mass is 10.2. The molecule has 1 atom stereocenters. The van der Waals surface area contributed by atoms with Gasteiger partial charge < -0.3 is 25.4 Å². The molecule has 1 aromatic carbocycles. The van der Waals surface area contributed by atoms with Crippen LogP contribution in [0.25, 0.3) is 0 Å². The Labute approximate surface area is 122 Å². The van der Waals surface area contributed by atoms with E-state index in [-0.39, 0.29) is 24.5 Å². The Kier molecular flexibility index (Phi) is 4.03. The maximum Gasteiger partial charge on any atom is 0.262 e. The fourth-order valence-electron chi connectivity index (χ4n) is 2.34. The molecule has 2 heterocycles. The Morgan fingerprint density at radius 3 is 3.14 bits per heavy atom. The van der Waals surface area contributed by atoms with Crippen LogP contribution in [0.1, 0.15) is 6.42 Å². The van der Waals surface area contributed by atoms with E-state index in [9.17, 15) is 9.59 Å². The van der Waals surface area contributed by atoms with Crippen LogP contribution in [-0.4, -0.2) is 44.2 Å². The van der Waals surface area contributed by atoms with Crippen molar-refractivity contribution in [1.82, 2.24) is 5.32 Å². The first kappa shape index (κ1) is 13.8. The second-order valence-electron chi connectivity index (χ2n) is 5.03. The highest BCUT2D eigenvalue weighted by atomic mass is 16.5. The van der Waals surface area contributed by atoms with Gasteiger partial charge in [-0.25, -0.2) is 0 Å². The fourth-order valence-corrected chi connectivity index (χ4v) is 2.34. The highest BCUT2D eigenvalue weighted by molar-refractivity contribution is 5.97. The first-order chi connectivity index (χ1) is 10.2. The molecular formula is C14H17N3O4. The molecule has 1 fully saturated rings. The number of morpholine rings is 1. The number of hydrogen-bond donors (Lipinski definition) is 3. The maximum absolute atomic E-state index is 12.0. The summed E-state index contributed by atoms with van der Waals surface area (Å²) >= 11 is 0. The van der Waals surface area contributed by atoms with Crippen LogP contribution in [0.4, 0.5) is 11.4 Å². The van der Waals surface area contributed by atoms with Gasteiger partial charge in [-0.15, -0.1) is 0 Å². The number of fused-ring (bicyclic) bond motifs is 1. The summed E-state index contributed by atoms with van der Waals surface area (Å²) in [6, 6.07) is 5.20. The van der Waals surface area contributed by atoms with Crippen molar-refractivity contribution in [1.29, 1.82) is 0 Å². The smallest absolute Gasteiger partial charge is 0.262 e. The number of carbonyl (C=O) groups excluding carboxylic acids is 2. The molecule has 21 heavy (non-hydrogen) atoms. The van der Waals surface area contributed by atoms with Gasteiger partial charge in [0.05, 0.1) is 18.9 Å². The standard InChI is InChI=1S/C14H17N3O4/c18-13(6-10-7-20-4-3-15-10)16-9-1-2-11-12(5-9)21-8-14(19)17-11/h1-2,5,10,15H,3-4,6-8H2,(H,16,18)(H,17,19). The monoisotopic (exact) mass is 291 g/mol. The molecule has 7 heteroatoms. The number of ether oxygens (including phenoxy) is 2. The van der Waals surface area contributed by atoms with Gasteiger partial charge in [0.25, 0.3) is 5.91 Å². The minimum Gasteiger partial charge on any atom is -0.482 e. The van der Waals surface area contributed by atoms with Crippen LogP contribution < -0.4 is 20.7 Å². The zero-order valence-electron chi connectivity index (χ0n) is 11.5. The zero-order chi connectivity index (χ0) is 14.7. The molecule has 2 aliphatic rings. The maximum atomic E-state index is 12.0. The van der Waals surface area contributed by atoms with Crippen molar-refractivity contribution >= 4 is 23.2 Å². The summed E-state index contributed by atoms with van der Waals surface area (Å²) in [7, 11) is 0. The van der Waals surface area contributed by atoms with E-state index in [1.165, 1.54) is 0 Å². The van der Waals surface area contributed by atoms with Crippen molar-refractivity contribution in [3.05, 3.63) is 18.2 Å². The Hall–Kier alpha value is -2.12. The van der Waals surface area contributed by atoms with Crippen LogP contribution in [0, 0.1) is 0 Å². The molecule has 1 aromatic rings. The molecule has 1 saturated heterocycles. The highest BCUT2D eigenvalue weighted by Gasteiger charge is 2.19. The van der Waals surface area contributed by atoms with Crippen LogP contribution in [0.15, 0.2) is 18.2 Å². The number of rotatable bonds is 3. The third kappa shape index (κ3) is 3.50. The number of carbonyl (C=O) groups is 2. The van der Waals surface area contributed by atoms with Gasteiger partial charge in [0, 0.05) is 30.8 Å². The van der Waals surface area contributed by atoms with Gasteiger partial charge >= 0.3 is 0 Å². The van der Waals surface area contributed by atoms with Crippen molar-refractivity contribution in [3.63, 3.8) is 0 Å². The van der Waals surface area contributed by atoms with Crippen LogP contribution in [0.2, 0.25) is 0 Å². The van der Waals surface area contributed by atoms with E-state index >= 15 is 0 Å². The third-order valence-corrected chi connectivity index (χ3v) is 3.33. The molecule has 0 spiro atoms. The molecule has 1 unspecified atom stereocenters. The van der Waals surface area contributed by atoms with Gasteiger partial charge in [-0.2, -0.15) is 0 Å². The van der Waals surface area contributed by atoms with Crippen molar-refractivity contribution in [3.8, 4) is 5.75 Å². The number of benzene rings is 1. The molecule has 0 radical (unpaired) electrons. The average molecular weight is 291 g/mol. The molecule has 0 aliphatic carbocycles. The summed E-state index contributed by atoms with van der Waals surface area (Å²) in [4.78, 5) is 23.2. The molecular weight excluding hydrogens is 274 g/mol. The largest absolute Gasteiger partial charge is 0.482 e. The lowest BCUT2D eigenvalue weighted by Crippen LogP contribution is -2.43. The Morgan fingerprint density at radius 2 is 2.33 bits per heavy atom. The first-order valence-electron chi connectivity index (χ1n) is 6.88. The molecule has 2 amide bonds. The minimum atomic E-state index is -0.178. The average Bonchev–Trinajstić information content (AvgIpc) is 2.48. The van der Waals surface area contributed by atoms with Crippen LogP contribution in [-0.2, 0) is 14.3 Å². The summed E-state index contributed by atoms with van der Waals surface area (Å²) in [5.41, 5.74) is 1.26. The van der Waals surface area contributed by atoms with Gasteiger partial charge in [0.1, 0.15) is 5.75 Å². The van der Waals surface area contributed by atoms with E-state index in [1.807, 2.05) is 0 Å². The van der Waals surface area contributed by atoms with Gasteiger partial charge in [0.2, 0.25) is 5.91 Å². The third-order valence-electron chi connectivity index (χ3n) is 3.33. The van der Waals surface area contributed by atoms with Crippen LogP contribution >= 0.6 is 0 Å². The van der Waals surface area contributed by atoms with E-state index in [1.54, 1.807) is 18.2 Å². The summed E-state index contributed by atoms with van der Waals surface area (Å²) in [6.45, 7) is 2.00. The van der Waals surface area contributed by atoms with Crippen molar-refractivity contribution in [2.45, 2.75) is 12.5 Å². The number of nitrogens with one attached hydrogen (secondary N) is 3. The van der Waals surface area contributed by atoms with Crippen LogP contribution in [0.5, 0.6) is 5.75 Å². The number of hydrogen-bond acceptors (Lipinski definition) is 5. The van der Waals surface area contributed by atoms with E-state index in [2.05, 4.69) is 16.0 Å². The summed E-state index contributed by atoms with van der Waals surface area (Å²) < 4.78 is 10.6. The summed E-state index contributed by atoms with van der Waals surface area (Å²) in [5, 5.41) is 8.76. The molecule has 3 rings (SSSR count). The molecule has 112 valence electrons. The zero-order valence-corrected chi connectivity index (χ0v) is 11.5. The van der Waals surface area contributed by atoms with Gasteiger partial charge in [0.15, 0.2) is 6.61 Å². The predicted octanol–water partition coefficient (Wildman–Crippen LogP) is 0.334. The Morgan fingerprint density at radius 1 is 1.43 bits per heavy atom. The quantitative estimate of drug-likeness (QED) is 0.747. The van der Waals surface area contributed by atoms with Gasteiger partial charge in [-0.05, 0) is 12.1 Å². The first-order valence-corrected chi connectivity index (χ1v) is 6.88. The molecule has 2 aliphatic heterocycles. The molecule has 0 aromatic heterocycles. The Bertz CT molecular complexity index is 555. The molecule has 0 bridgehead atoms. The minimum absolute atomic E-state index is 0.00622. The predicted molar refractivity (Wildman–Crippen MR) is 76.4 cm³/mol. The Balaban J connectivity index is 1.59. The topological polar surface area (TPSA) is 88.7 Å². The van der Waals surface area contributed by atoms with Gasteiger partial charge in [-0.1, -0.05) is 0 Å².